The lowest BCUT2D eigenvalue weighted by Gasteiger charge is -2.06. The highest BCUT2D eigenvalue weighted by Gasteiger charge is 2.26. The molecule has 0 aromatic carbocycles. The predicted molar refractivity (Wildman–Crippen MR) is 52.0 cm³/mol. The van der Waals surface area contributed by atoms with Crippen LogP contribution in [-0.4, -0.2) is 25.0 Å². The van der Waals surface area contributed by atoms with Gasteiger partial charge in [-0.3, -0.25) is 4.79 Å². The average Bonchev–Trinajstić information content (AvgIpc) is 2.54. The van der Waals surface area contributed by atoms with E-state index >= 15 is 0 Å². The molecule has 0 fully saturated rings. The number of thiophene rings is 1. The van der Waals surface area contributed by atoms with Crippen LogP contribution in [0.3, 0.4) is 0 Å². The number of nitrogens with one attached hydrogen (secondary N) is 1. The standard InChI is InChI=1S/C9H10F3NOS/c10-9(11,12)6-13-4-8(14)3-7-1-2-15-5-7/h1-2,5,13H,3-4,6H2. The summed E-state index contributed by atoms with van der Waals surface area (Å²) in [7, 11) is 0. The van der Waals surface area contributed by atoms with Crippen molar-refractivity contribution in [3.05, 3.63) is 22.4 Å². The molecule has 1 N–H and O–H groups in total. The van der Waals surface area contributed by atoms with Crippen LogP contribution >= 0.6 is 11.3 Å². The summed E-state index contributed by atoms with van der Waals surface area (Å²) >= 11 is 1.46. The molecule has 0 spiro atoms. The van der Waals surface area contributed by atoms with E-state index in [9.17, 15) is 18.0 Å². The fourth-order valence-electron chi connectivity index (χ4n) is 1.03. The van der Waals surface area contributed by atoms with Gasteiger partial charge in [0, 0.05) is 6.42 Å². The van der Waals surface area contributed by atoms with E-state index in [-0.39, 0.29) is 18.7 Å². The van der Waals surface area contributed by atoms with Crippen LogP contribution in [0, 0.1) is 0 Å². The first-order valence-electron chi connectivity index (χ1n) is 4.27. The number of halogens is 3. The third kappa shape index (κ3) is 5.54. The van der Waals surface area contributed by atoms with Gasteiger partial charge in [0.1, 0.15) is 0 Å². The van der Waals surface area contributed by atoms with E-state index < -0.39 is 12.7 Å². The van der Waals surface area contributed by atoms with Crippen molar-refractivity contribution >= 4 is 17.1 Å². The summed E-state index contributed by atoms with van der Waals surface area (Å²) < 4.78 is 35.1. The molecule has 2 nitrogen and oxygen atoms in total. The summed E-state index contributed by atoms with van der Waals surface area (Å²) in [6, 6.07) is 1.78. The number of carbonyl (C=O) groups is 1. The van der Waals surface area contributed by atoms with E-state index in [2.05, 4.69) is 5.32 Å². The number of ketones is 1. The number of hydrogen-bond donors (Lipinski definition) is 1. The Morgan fingerprint density at radius 1 is 1.47 bits per heavy atom. The van der Waals surface area contributed by atoms with Crippen molar-refractivity contribution in [1.82, 2.24) is 5.32 Å². The lowest BCUT2D eigenvalue weighted by molar-refractivity contribution is -0.127. The van der Waals surface area contributed by atoms with Gasteiger partial charge in [-0.2, -0.15) is 24.5 Å². The lowest BCUT2D eigenvalue weighted by Crippen LogP contribution is -2.33. The maximum atomic E-state index is 11.7. The summed E-state index contributed by atoms with van der Waals surface area (Å²) in [4.78, 5) is 11.2. The van der Waals surface area contributed by atoms with E-state index in [0.29, 0.717) is 0 Å². The summed E-state index contributed by atoms with van der Waals surface area (Å²) in [5.41, 5.74) is 0.846. The molecule has 0 atom stereocenters. The first-order valence-corrected chi connectivity index (χ1v) is 5.22. The summed E-state index contributed by atoms with van der Waals surface area (Å²) in [6.07, 6.45) is -4.07. The number of hydrogen-bond acceptors (Lipinski definition) is 3. The molecular formula is C9H10F3NOS. The van der Waals surface area contributed by atoms with Crippen molar-refractivity contribution < 1.29 is 18.0 Å². The quantitative estimate of drug-likeness (QED) is 0.848. The third-order valence-corrected chi connectivity index (χ3v) is 2.36. The molecule has 15 heavy (non-hydrogen) atoms. The first kappa shape index (κ1) is 12.2. The molecule has 0 saturated heterocycles. The molecule has 1 aromatic rings. The van der Waals surface area contributed by atoms with E-state index in [0.717, 1.165) is 5.56 Å². The molecule has 0 radical (unpaired) electrons. The molecule has 1 heterocycles. The van der Waals surface area contributed by atoms with E-state index in [1.807, 2.05) is 10.8 Å². The lowest BCUT2D eigenvalue weighted by atomic mass is 10.2. The van der Waals surface area contributed by atoms with Crippen LogP contribution in [0.2, 0.25) is 0 Å². The minimum Gasteiger partial charge on any atom is -0.302 e. The van der Waals surface area contributed by atoms with Gasteiger partial charge in [-0.1, -0.05) is 0 Å². The number of alkyl halides is 3. The molecule has 6 heteroatoms. The van der Waals surface area contributed by atoms with Gasteiger partial charge in [-0.25, -0.2) is 0 Å². The van der Waals surface area contributed by atoms with Crippen LogP contribution in [0.4, 0.5) is 13.2 Å². The Bertz CT molecular complexity index is 308. The van der Waals surface area contributed by atoms with Crippen LogP contribution in [-0.2, 0) is 11.2 Å². The van der Waals surface area contributed by atoms with Gasteiger partial charge in [-0.05, 0) is 22.4 Å². The van der Waals surface area contributed by atoms with Gasteiger partial charge >= 0.3 is 6.18 Å². The summed E-state index contributed by atoms with van der Waals surface area (Å²) in [5, 5.41) is 5.70. The molecule has 1 rings (SSSR count). The third-order valence-electron chi connectivity index (χ3n) is 1.63. The molecule has 0 aliphatic rings. The van der Waals surface area contributed by atoms with Crippen molar-refractivity contribution in [3.8, 4) is 0 Å². The van der Waals surface area contributed by atoms with E-state index in [4.69, 9.17) is 0 Å². The second-order valence-electron chi connectivity index (χ2n) is 3.07. The number of Topliss-reactive ketones (excluding diaryl/α,β-unsaturated/α-hetero) is 1. The Morgan fingerprint density at radius 2 is 2.20 bits per heavy atom. The summed E-state index contributed by atoms with van der Waals surface area (Å²) in [6.45, 7) is -1.36. The molecule has 0 unspecified atom stereocenters. The average molecular weight is 237 g/mol. The highest BCUT2D eigenvalue weighted by molar-refractivity contribution is 7.07. The highest BCUT2D eigenvalue weighted by Crippen LogP contribution is 2.12. The van der Waals surface area contributed by atoms with E-state index in [1.54, 1.807) is 6.07 Å². The zero-order chi connectivity index (χ0) is 11.3. The van der Waals surface area contributed by atoms with Gasteiger partial charge in [-0.15, -0.1) is 0 Å². The van der Waals surface area contributed by atoms with Crippen LogP contribution in [0.1, 0.15) is 5.56 Å². The number of rotatable bonds is 5. The summed E-state index contributed by atoms with van der Waals surface area (Å²) in [5.74, 6) is -0.238. The van der Waals surface area contributed by atoms with Crippen molar-refractivity contribution in [2.24, 2.45) is 0 Å². The Kier molecular flexibility index (Phi) is 4.28. The predicted octanol–water partition coefficient (Wildman–Crippen LogP) is 2.01. The highest BCUT2D eigenvalue weighted by atomic mass is 32.1. The molecule has 0 amide bonds. The monoisotopic (exact) mass is 237 g/mol. The Hall–Kier alpha value is -0.880. The zero-order valence-corrected chi connectivity index (χ0v) is 8.62. The van der Waals surface area contributed by atoms with Gasteiger partial charge in [0.05, 0.1) is 13.1 Å². The second-order valence-corrected chi connectivity index (χ2v) is 3.85. The van der Waals surface area contributed by atoms with Gasteiger partial charge in [0.25, 0.3) is 0 Å². The minimum atomic E-state index is -4.26. The smallest absolute Gasteiger partial charge is 0.302 e. The SMILES string of the molecule is O=C(CNCC(F)(F)F)Cc1ccsc1. The molecule has 0 aliphatic carbocycles. The van der Waals surface area contributed by atoms with Crippen molar-refractivity contribution in [2.75, 3.05) is 13.1 Å². The molecular weight excluding hydrogens is 227 g/mol. The number of carbonyl (C=O) groups excluding carboxylic acids is 1. The maximum absolute atomic E-state index is 11.7. The van der Waals surface area contributed by atoms with Gasteiger partial charge in [0.2, 0.25) is 0 Å². The molecule has 0 aliphatic heterocycles. The normalized spacial score (nSPS) is 11.7. The first-order chi connectivity index (χ1) is 6.97. The van der Waals surface area contributed by atoms with Crippen LogP contribution < -0.4 is 5.32 Å². The zero-order valence-electron chi connectivity index (χ0n) is 7.80. The minimum absolute atomic E-state index is 0.189. The van der Waals surface area contributed by atoms with Crippen molar-refractivity contribution in [1.29, 1.82) is 0 Å². The van der Waals surface area contributed by atoms with Gasteiger partial charge < -0.3 is 5.32 Å². The molecule has 0 bridgehead atoms. The van der Waals surface area contributed by atoms with Crippen LogP contribution in [0.15, 0.2) is 16.8 Å². The Labute approximate surface area is 89.1 Å². The Balaban J connectivity index is 2.20. The maximum Gasteiger partial charge on any atom is 0.401 e. The molecule has 1 aromatic heterocycles. The second kappa shape index (κ2) is 5.27. The largest absolute Gasteiger partial charge is 0.401 e. The topological polar surface area (TPSA) is 29.1 Å². The molecule has 0 saturated carbocycles. The van der Waals surface area contributed by atoms with Crippen LogP contribution in [0.25, 0.3) is 0 Å². The Morgan fingerprint density at radius 3 is 2.73 bits per heavy atom. The van der Waals surface area contributed by atoms with Crippen molar-refractivity contribution in [3.63, 3.8) is 0 Å². The van der Waals surface area contributed by atoms with Crippen LogP contribution in [0.5, 0.6) is 0 Å². The van der Waals surface area contributed by atoms with Gasteiger partial charge in [0.15, 0.2) is 5.78 Å². The fourth-order valence-corrected chi connectivity index (χ4v) is 1.70. The molecule has 84 valence electrons. The fraction of sp³-hybridized carbons (Fsp3) is 0.444. The van der Waals surface area contributed by atoms with E-state index in [1.165, 1.54) is 11.3 Å². The van der Waals surface area contributed by atoms with Crippen molar-refractivity contribution in [2.45, 2.75) is 12.6 Å².